The number of rotatable bonds is 2. The normalized spacial score (nSPS) is 11.6. The zero-order valence-electron chi connectivity index (χ0n) is 8.95. The van der Waals surface area contributed by atoms with Gasteiger partial charge in [0.15, 0.2) is 5.75 Å². The highest BCUT2D eigenvalue weighted by molar-refractivity contribution is 7.85. The average molecular weight is 266 g/mol. The second-order valence-corrected chi connectivity index (χ2v) is 5.08. The molecule has 0 aromatic heterocycles. The van der Waals surface area contributed by atoms with Crippen molar-refractivity contribution in [2.45, 2.75) is 4.90 Å². The van der Waals surface area contributed by atoms with Crippen LogP contribution in [0.1, 0.15) is 10.4 Å². The molecular formula is C11H8NO5S. The molecule has 2 aromatic carbocycles. The van der Waals surface area contributed by atoms with E-state index in [4.69, 9.17) is 10.3 Å². The Hall–Kier alpha value is -2.12. The lowest BCUT2D eigenvalue weighted by atomic mass is 10.0. The number of primary amides is 1. The molecule has 0 aliphatic carbocycles. The van der Waals surface area contributed by atoms with E-state index >= 15 is 0 Å². The van der Waals surface area contributed by atoms with Gasteiger partial charge in [-0.25, -0.2) is 0 Å². The molecule has 18 heavy (non-hydrogen) atoms. The predicted molar refractivity (Wildman–Crippen MR) is 62.4 cm³/mol. The molecule has 2 rings (SSSR count). The van der Waals surface area contributed by atoms with Gasteiger partial charge in [-0.3, -0.25) is 14.5 Å². The van der Waals surface area contributed by atoms with Crippen molar-refractivity contribution in [3.8, 4) is 5.75 Å². The summed E-state index contributed by atoms with van der Waals surface area (Å²) < 4.78 is 30.9. The van der Waals surface area contributed by atoms with E-state index < -0.39 is 26.7 Å². The van der Waals surface area contributed by atoms with Gasteiger partial charge in [0.05, 0.1) is 10.5 Å². The van der Waals surface area contributed by atoms with E-state index in [-0.39, 0.29) is 10.9 Å². The molecule has 93 valence electrons. The minimum absolute atomic E-state index is 0.102. The summed E-state index contributed by atoms with van der Waals surface area (Å²) in [6, 6.07) is 6.22. The van der Waals surface area contributed by atoms with Crippen molar-refractivity contribution in [2.24, 2.45) is 5.73 Å². The van der Waals surface area contributed by atoms with Crippen molar-refractivity contribution in [2.75, 3.05) is 0 Å². The van der Waals surface area contributed by atoms with E-state index in [0.717, 1.165) is 6.07 Å². The number of carbonyl (C=O) groups is 1. The van der Waals surface area contributed by atoms with Gasteiger partial charge in [0, 0.05) is 0 Å². The molecule has 0 aliphatic heterocycles. The van der Waals surface area contributed by atoms with Gasteiger partial charge in [0.1, 0.15) is 0 Å². The standard InChI is InChI=1S/C11H8NO5S/c12-11(14)10-8-5-7(18(15,16)17)3-1-6(8)2-4-9(10)13/h1-5H,(H2,12,14)(H,15,16,17). The van der Waals surface area contributed by atoms with Crippen LogP contribution in [0.3, 0.4) is 0 Å². The van der Waals surface area contributed by atoms with Crippen molar-refractivity contribution in [1.29, 1.82) is 0 Å². The molecule has 0 spiro atoms. The van der Waals surface area contributed by atoms with E-state index in [1.165, 1.54) is 24.3 Å². The van der Waals surface area contributed by atoms with Crippen LogP contribution in [-0.2, 0) is 15.2 Å². The fourth-order valence-electron chi connectivity index (χ4n) is 1.69. The zero-order chi connectivity index (χ0) is 13.5. The maximum atomic E-state index is 11.5. The molecule has 0 atom stereocenters. The van der Waals surface area contributed by atoms with Crippen LogP contribution >= 0.6 is 0 Å². The Morgan fingerprint density at radius 1 is 1.17 bits per heavy atom. The lowest BCUT2D eigenvalue weighted by Crippen LogP contribution is -2.11. The Labute approximate surface area is 102 Å². The third kappa shape index (κ3) is 2.01. The number of carbonyl (C=O) groups excluding carboxylic acids is 1. The average Bonchev–Trinajstić information content (AvgIpc) is 2.26. The number of fused-ring (bicyclic) bond motifs is 1. The summed E-state index contributed by atoms with van der Waals surface area (Å²) in [5.41, 5.74) is 4.80. The quantitative estimate of drug-likeness (QED) is 0.797. The first kappa shape index (κ1) is 12.3. The summed E-state index contributed by atoms with van der Waals surface area (Å²) in [6.45, 7) is 0. The van der Waals surface area contributed by atoms with Gasteiger partial charge in [0.2, 0.25) is 0 Å². The lowest BCUT2D eigenvalue weighted by Gasteiger charge is -2.05. The third-order valence-corrected chi connectivity index (χ3v) is 3.35. The predicted octanol–water partition coefficient (Wildman–Crippen LogP) is 1.33. The van der Waals surface area contributed by atoms with Crippen molar-refractivity contribution in [3.63, 3.8) is 0 Å². The van der Waals surface area contributed by atoms with E-state index in [0.29, 0.717) is 5.39 Å². The van der Waals surface area contributed by atoms with E-state index in [9.17, 15) is 18.3 Å². The highest BCUT2D eigenvalue weighted by atomic mass is 32.2. The summed E-state index contributed by atoms with van der Waals surface area (Å²) in [4.78, 5) is 10.8. The smallest absolute Gasteiger partial charge is 0.294 e. The van der Waals surface area contributed by atoms with Crippen molar-refractivity contribution in [3.05, 3.63) is 35.9 Å². The van der Waals surface area contributed by atoms with Gasteiger partial charge in [-0.05, 0) is 29.0 Å². The number of hydrogen-bond donors (Lipinski definition) is 2. The third-order valence-electron chi connectivity index (χ3n) is 2.50. The van der Waals surface area contributed by atoms with Crippen molar-refractivity contribution >= 4 is 26.8 Å². The molecule has 6 nitrogen and oxygen atoms in total. The Bertz CT molecular complexity index is 751. The highest BCUT2D eigenvalue weighted by Crippen LogP contribution is 2.29. The van der Waals surface area contributed by atoms with Crippen molar-refractivity contribution in [1.82, 2.24) is 0 Å². The van der Waals surface area contributed by atoms with Crippen LogP contribution in [-0.4, -0.2) is 18.9 Å². The second-order valence-electron chi connectivity index (χ2n) is 3.66. The number of nitrogens with two attached hydrogens (primary N) is 1. The number of benzene rings is 2. The molecule has 0 unspecified atom stereocenters. The Morgan fingerprint density at radius 3 is 2.33 bits per heavy atom. The first-order valence-corrected chi connectivity index (χ1v) is 6.26. The van der Waals surface area contributed by atoms with Gasteiger partial charge in [-0.2, -0.15) is 8.42 Å². The summed E-state index contributed by atoms with van der Waals surface area (Å²) in [7, 11) is -4.40. The molecule has 3 N–H and O–H groups in total. The summed E-state index contributed by atoms with van der Waals surface area (Å²) in [5, 5.41) is 12.1. The minimum Gasteiger partial charge on any atom is -0.365 e. The first-order chi connectivity index (χ1) is 8.30. The van der Waals surface area contributed by atoms with Crippen molar-refractivity contribution < 1.29 is 22.9 Å². The molecule has 7 heteroatoms. The van der Waals surface area contributed by atoms with Crippen LogP contribution in [0, 0.1) is 0 Å². The van der Waals surface area contributed by atoms with Crippen LogP contribution in [0.25, 0.3) is 10.8 Å². The molecule has 0 saturated carbocycles. The van der Waals surface area contributed by atoms with Gasteiger partial charge >= 0.3 is 0 Å². The summed E-state index contributed by atoms with van der Waals surface area (Å²) in [5.74, 6) is -1.54. The van der Waals surface area contributed by atoms with Crippen LogP contribution in [0.5, 0.6) is 5.75 Å². The zero-order valence-corrected chi connectivity index (χ0v) is 9.77. The molecule has 0 bridgehead atoms. The summed E-state index contributed by atoms with van der Waals surface area (Å²) in [6.07, 6.45) is 0. The fourth-order valence-corrected chi connectivity index (χ4v) is 2.20. The molecule has 0 aliphatic rings. The maximum Gasteiger partial charge on any atom is 0.294 e. The molecule has 2 aromatic rings. The molecule has 1 radical (unpaired) electrons. The fraction of sp³-hybridized carbons (Fsp3) is 0. The summed E-state index contributed by atoms with van der Waals surface area (Å²) >= 11 is 0. The van der Waals surface area contributed by atoms with Crippen LogP contribution in [0.15, 0.2) is 35.2 Å². The molecule has 0 saturated heterocycles. The van der Waals surface area contributed by atoms with Gasteiger partial charge in [-0.15, -0.1) is 0 Å². The topological polar surface area (TPSA) is 117 Å². The Balaban J connectivity index is 2.90. The van der Waals surface area contributed by atoms with Crippen LogP contribution in [0.4, 0.5) is 0 Å². The van der Waals surface area contributed by atoms with Gasteiger partial charge in [-0.1, -0.05) is 12.1 Å². The first-order valence-electron chi connectivity index (χ1n) is 4.82. The SMILES string of the molecule is NC(=O)c1c([O])ccc2ccc(S(=O)(=O)O)cc12. The van der Waals surface area contributed by atoms with E-state index in [1.54, 1.807) is 0 Å². The number of hydrogen-bond acceptors (Lipinski definition) is 3. The molecule has 0 fully saturated rings. The highest BCUT2D eigenvalue weighted by Gasteiger charge is 2.17. The number of amides is 1. The minimum atomic E-state index is -4.40. The second kappa shape index (κ2) is 3.97. The molecule has 1 amide bonds. The lowest BCUT2D eigenvalue weighted by molar-refractivity contribution is 0.0997. The molecular weight excluding hydrogens is 258 g/mol. The van der Waals surface area contributed by atoms with E-state index in [2.05, 4.69) is 0 Å². The van der Waals surface area contributed by atoms with Crippen LogP contribution < -0.4 is 5.73 Å². The Morgan fingerprint density at radius 2 is 1.78 bits per heavy atom. The van der Waals surface area contributed by atoms with Crippen LogP contribution in [0.2, 0.25) is 0 Å². The van der Waals surface area contributed by atoms with Gasteiger partial charge in [0.25, 0.3) is 16.0 Å². The van der Waals surface area contributed by atoms with Gasteiger partial charge < -0.3 is 5.73 Å². The maximum absolute atomic E-state index is 11.5. The Kier molecular flexibility index (Phi) is 2.72. The monoisotopic (exact) mass is 266 g/mol. The largest absolute Gasteiger partial charge is 0.365 e. The van der Waals surface area contributed by atoms with E-state index in [1.807, 2.05) is 0 Å². The molecule has 0 heterocycles.